The van der Waals surface area contributed by atoms with Crippen LogP contribution in [0.4, 0.5) is 0 Å². The van der Waals surface area contributed by atoms with Crippen molar-refractivity contribution in [1.82, 2.24) is 9.47 Å². The molecule has 21 heavy (non-hydrogen) atoms. The van der Waals surface area contributed by atoms with Crippen LogP contribution in [0.25, 0.3) is 0 Å². The van der Waals surface area contributed by atoms with Gasteiger partial charge >= 0.3 is 5.97 Å². The SMILES string of the molecule is CCOC(=O)C(C)CN1CCCN([Si](C)(C)C(C)(C)C)C1. The quantitative estimate of drug-likeness (QED) is 0.576. The molecule has 1 saturated heterocycles. The maximum atomic E-state index is 11.8. The van der Waals surface area contributed by atoms with Crippen molar-refractivity contribution < 1.29 is 9.53 Å². The molecule has 124 valence electrons. The molecule has 1 rings (SSSR count). The summed E-state index contributed by atoms with van der Waals surface area (Å²) in [5, 5.41) is 0.364. The number of esters is 1. The Hall–Kier alpha value is -0.393. The molecule has 0 amide bonds. The fourth-order valence-corrected chi connectivity index (χ4v) is 4.91. The van der Waals surface area contributed by atoms with Gasteiger partial charge in [-0.2, -0.15) is 0 Å². The molecule has 1 atom stereocenters. The highest BCUT2D eigenvalue weighted by molar-refractivity contribution is 6.77. The summed E-state index contributed by atoms with van der Waals surface area (Å²) in [7, 11) is -1.46. The van der Waals surface area contributed by atoms with Gasteiger partial charge in [-0.05, 0) is 24.9 Å². The van der Waals surface area contributed by atoms with E-state index in [4.69, 9.17) is 4.74 Å². The first-order valence-electron chi connectivity index (χ1n) is 8.23. The molecule has 1 fully saturated rings. The van der Waals surface area contributed by atoms with Crippen LogP contribution >= 0.6 is 0 Å². The van der Waals surface area contributed by atoms with Crippen LogP contribution in [0.1, 0.15) is 41.0 Å². The molecule has 0 aromatic heterocycles. The zero-order valence-electron chi connectivity index (χ0n) is 15.0. The predicted molar refractivity (Wildman–Crippen MR) is 90.8 cm³/mol. The van der Waals surface area contributed by atoms with E-state index < -0.39 is 8.24 Å². The van der Waals surface area contributed by atoms with Crippen molar-refractivity contribution in [3.05, 3.63) is 0 Å². The van der Waals surface area contributed by atoms with Gasteiger partial charge < -0.3 is 9.30 Å². The molecule has 0 spiro atoms. The van der Waals surface area contributed by atoms with E-state index in [-0.39, 0.29) is 11.9 Å². The van der Waals surface area contributed by atoms with Crippen LogP contribution in [0, 0.1) is 5.92 Å². The minimum absolute atomic E-state index is 0.0377. The van der Waals surface area contributed by atoms with E-state index in [1.165, 1.54) is 13.0 Å². The van der Waals surface area contributed by atoms with E-state index in [1.54, 1.807) is 0 Å². The predicted octanol–water partition coefficient (Wildman–Crippen LogP) is 3.16. The third-order valence-electron chi connectivity index (χ3n) is 5.12. The minimum Gasteiger partial charge on any atom is -0.466 e. The van der Waals surface area contributed by atoms with Gasteiger partial charge in [0.2, 0.25) is 0 Å². The van der Waals surface area contributed by atoms with Gasteiger partial charge in [-0.15, -0.1) is 0 Å². The average Bonchev–Trinajstić information content (AvgIpc) is 2.38. The Kier molecular flexibility index (Phi) is 6.44. The molecule has 1 unspecified atom stereocenters. The van der Waals surface area contributed by atoms with Gasteiger partial charge in [0, 0.05) is 19.8 Å². The Balaban J connectivity index is 2.62. The molecule has 0 aromatic rings. The van der Waals surface area contributed by atoms with Crippen LogP contribution in [0.15, 0.2) is 0 Å². The van der Waals surface area contributed by atoms with E-state index in [9.17, 15) is 4.79 Å². The molecular weight excluding hydrogens is 280 g/mol. The molecule has 1 aliphatic rings. The first-order valence-corrected chi connectivity index (χ1v) is 11.2. The molecular formula is C16H34N2O2Si. The van der Waals surface area contributed by atoms with Crippen molar-refractivity contribution in [2.75, 3.05) is 32.9 Å². The van der Waals surface area contributed by atoms with Gasteiger partial charge in [-0.25, -0.2) is 0 Å². The Labute approximate surface area is 131 Å². The van der Waals surface area contributed by atoms with Crippen LogP contribution in [0.3, 0.4) is 0 Å². The average molecular weight is 315 g/mol. The highest BCUT2D eigenvalue weighted by atomic mass is 28.3. The second-order valence-corrected chi connectivity index (χ2v) is 13.0. The smallest absolute Gasteiger partial charge is 0.309 e. The summed E-state index contributed by atoms with van der Waals surface area (Å²) in [5.41, 5.74) is 0. The van der Waals surface area contributed by atoms with Gasteiger partial charge in [0.15, 0.2) is 0 Å². The molecule has 1 aliphatic heterocycles. The molecule has 4 nitrogen and oxygen atoms in total. The summed E-state index contributed by atoms with van der Waals surface area (Å²) in [5.74, 6) is -0.105. The van der Waals surface area contributed by atoms with E-state index in [0.717, 1.165) is 19.8 Å². The lowest BCUT2D eigenvalue weighted by atomic mass is 10.1. The molecule has 0 saturated carbocycles. The zero-order chi connectivity index (χ0) is 16.3. The molecule has 5 heteroatoms. The lowest BCUT2D eigenvalue weighted by Crippen LogP contribution is -2.61. The molecule has 0 bridgehead atoms. The largest absolute Gasteiger partial charge is 0.466 e. The number of carbonyl (C=O) groups excluding carboxylic acids is 1. The molecule has 1 heterocycles. The van der Waals surface area contributed by atoms with Gasteiger partial charge in [0.1, 0.15) is 8.24 Å². The van der Waals surface area contributed by atoms with E-state index in [1.807, 2.05) is 13.8 Å². The van der Waals surface area contributed by atoms with Crippen LogP contribution in [-0.4, -0.2) is 56.6 Å². The van der Waals surface area contributed by atoms with Gasteiger partial charge in [0.05, 0.1) is 12.5 Å². The number of ether oxygens (including phenoxy) is 1. The second kappa shape index (κ2) is 7.25. The fourth-order valence-electron chi connectivity index (χ4n) is 2.69. The Morgan fingerprint density at radius 2 is 1.90 bits per heavy atom. The second-order valence-electron chi connectivity index (χ2n) is 7.80. The minimum atomic E-state index is -1.46. The first kappa shape index (κ1) is 18.7. The van der Waals surface area contributed by atoms with Crippen molar-refractivity contribution >= 4 is 14.2 Å². The van der Waals surface area contributed by atoms with Crippen molar-refractivity contribution in [3.63, 3.8) is 0 Å². The van der Waals surface area contributed by atoms with Crippen molar-refractivity contribution in [2.24, 2.45) is 5.92 Å². The summed E-state index contributed by atoms with van der Waals surface area (Å²) < 4.78 is 7.81. The zero-order valence-corrected chi connectivity index (χ0v) is 16.0. The van der Waals surface area contributed by atoms with Crippen LogP contribution < -0.4 is 0 Å². The van der Waals surface area contributed by atoms with Crippen LogP contribution in [0.2, 0.25) is 18.1 Å². The Morgan fingerprint density at radius 1 is 1.29 bits per heavy atom. The highest BCUT2D eigenvalue weighted by Crippen LogP contribution is 2.39. The van der Waals surface area contributed by atoms with E-state index >= 15 is 0 Å². The number of nitrogens with zero attached hydrogens (tertiary/aromatic N) is 2. The molecule has 0 aliphatic carbocycles. The topological polar surface area (TPSA) is 32.8 Å². The number of rotatable bonds is 5. The third-order valence-corrected chi connectivity index (χ3v) is 10.7. The molecule has 0 aromatic carbocycles. The van der Waals surface area contributed by atoms with Gasteiger partial charge in [-0.1, -0.05) is 40.8 Å². The highest BCUT2D eigenvalue weighted by Gasteiger charge is 2.42. The van der Waals surface area contributed by atoms with Gasteiger partial charge in [-0.3, -0.25) is 9.69 Å². The maximum Gasteiger partial charge on any atom is 0.309 e. The van der Waals surface area contributed by atoms with Crippen molar-refractivity contribution in [1.29, 1.82) is 0 Å². The summed E-state index contributed by atoms with van der Waals surface area (Å²) in [6.07, 6.45) is 1.20. The maximum absolute atomic E-state index is 11.8. The molecule has 0 N–H and O–H groups in total. The Bertz CT molecular complexity index is 353. The van der Waals surface area contributed by atoms with Crippen molar-refractivity contribution in [2.45, 2.75) is 59.2 Å². The summed E-state index contributed by atoms with van der Waals surface area (Å²) in [4.78, 5) is 14.2. The summed E-state index contributed by atoms with van der Waals surface area (Å²) >= 11 is 0. The normalized spacial score (nSPS) is 20.3. The van der Waals surface area contributed by atoms with Crippen LogP contribution in [-0.2, 0) is 9.53 Å². The Morgan fingerprint density at radius 3 is 2.43 bits per heavy atom. The lowest BCUT2D eigenvalue weighted by Gasteiger charge is -2.50. The van der Waals surface area contributed by atoms with Crippen molar-refractivity contribution in [3.8, 4) is 0 Å². The first-order chi connectivity index (χ1) is 9.59. The van der Waals surface area contributed by atoms with E-state index in [2.05, 4.69) is 43.3 Å². The van der Waals surface area contributed by atoms with Crippen LogP contribution in [0.5, 0.6) is 0 Å². The number of hydrogen-bond acceptors (Lipinski definition) is 4. The monoisotopic (exact) mass is 314 g/mol. The van der Waals surface area contributed by atoms with E-state index in [0.29, 0.717) is 11.6 Å². The summed E-state index contributed by atoms with van der Waals surface area (Å²) in [6, 6.07) is 0. The standard InChI is InChI=1S/C16H34N2O2Si/c1-8-20-15(19)14(2)12-17-10-9-11-18(13-17)21(6,7)16(3,4)5/h14H,8-13H2,1-7H3. The third kappa shape index (κ3) is 4.79. The lowest BCUT2D eigenvalue weighted by molar-refractivity contribution is -0.148. The number of carbonyl (C=O) groups is 1. The fraction of sp³-hybridized carbons (Fsp3) is 0.938. The number of hydrogen-bond donors (Lipinski definition) is 0. The van der Waals surface area contributed by atoms with Gasteiger partial charge in [0.25, 0.3) is 0 Å². The summed E-state index contributed by atoms with van der Waals surface area (Å²) in [6.45, 7) is 20.4. The molecule has 0 radical (unpaired) electrons.